The zero-order valence-electron chi connectivity index (χ0n) is 15.9. The molecule has 3 rings (SSSR count). The van der Waals surface area contributed by atoms with Crippen LogP contribution in [0.2, 0.25) is 0 Å². The number of carbonyl (C=O) groups excluding carboxylic acids is 2. The van der Waals surface area contributed by atoms with Gasteiger partial charge >= 0.3 is 0 Å². The first-order valence-electron chi connectivity index (χ1n) is 8.91. The maximum absolute atomic E-state index is 12.8. The summed E-state index contributed by atoms with van der Waals surface area (Å²) in [4.78, 5) is 25.6. The number of ketones is 2. The number of allylic oxidation sites excluding steroid dienone is 2. The normalized spacial score (nSPS) is 11.4. The molecule has 0 N–H and O–H groups in total. The van der Waals surface area contributed by atoms with Crippen molar-refractivity contribution in [1.29, 1.82) is 0 Å². The van der Waals surface area contributed by atoms with Gasteiger partial charge in [-0.3, -0.25) is 9.59 Å². The van der Waals surface area contributed by atoms with E-state index in [1.54, 1.807) is 26.0 Å². The van der Waals surface area contributed by atoms with Gasteiger partial charge in [-0.15, -0.1) is 0 Å². The van der Waals surface area contributed by atoms with Crippen LogP contribution in [0.1, 0.15) is 43.4 Å². The second kappa shape index (κ2) is 9.33. The molecular formula is C24H18Br2O3. The lowest BCUT2D eigenvalue weighted by Gasteiger charge is -1.99. The lowest BCUT2D eigenvalue weighted by molar-refractivity contribution is 0.101. The van der Waals surface area contributed by atoms with Gasteiger partial charge in [-0.05, 0) is 61.4 Å². The predicted octanol–water partition coefficient (Wildman–Crippen LogP) is 7.21. The van der Waals surface area contributed by atoms with Crippen LogP contribution < -0.4 is 0 Å². The molecule has 29 heavy (non-hydrogen) atoms. The molecule has 1 heterocycles. The molecule has 3 aromatic rings. The van der Waals surface area contributed by atoms with E-state index in [1.165, 1.54) is 12.2 Å². The van der Waals surface area contributed by atoms with Crippen molar-refractivity contribution in [3.05, 3.63) is 103 Å². The molecule has 2 aromatic carbocycles. The van der Waals surface area contributed by atoms with Crippen LogP contribution in [-0.2, 0) is 0 Å². The van der Waals surface area contributed by atoms with Crippen LogP contribution in [0.15, 0.2) is 74.0 Å². The fraction of sp³-hybridized carbons (Fsp3) is 0.0833. The summed E-state index contributed by atoms with van der Waals surface area (Å²) in [6.07, 6.45) is 6.39. The molecule has 0 bridgehead atoms. The second-order valence-electron chi connectivity index (χ2n) is 6.46. The highest BCUT2D eigenvalue weighted by atomic mass is 79.9. The van der Waals surface area contributed by atoms with E-state index in [2.05, 4.69) is 31.9 Å². The van der Waals surface area contributed by atoms with Gasteiger partial charge in [0.25, 0.3) is 0 Å². The Kier molecular flexibility index (Phi) is 6.83. The van der Waals surface area contributed by atoms with Gasteiger partial charge in [0.2, 0.25) is 0 Å². The molecule has 3 nitrogen and oxygen atoms in total. The molecule has 0 saturated carbocycles. The highest BCUT2D eigenvalue weighted by molar-refractivity contribution is 9.10. The first-order chi connectivity index (χ1) is 13.8. The van der Waals surface area contributed by atoms with Crippen LogP contribution in [0.3, 0.4) is 0 Å². The van der Waals surface area contributed by atoms with Gasteiger partial charge in [-0.1, -0.05) is 68.3 Å². The van der Waals surface area contributed by atoms with Gasteiger partial charge in [0.15, 0.2) is 11.6 Å². The Hall–Kier alpha value is -2.50. The average molecular weight is 514 g/mol. The molecule has 0 fully saturated rings. The van der Waals surface area contributed by atoms with E-state index in [-0.39, 0.29) is 11.6 Å². The van der Waals surface area contributed by atoms with Crippen molar-refractivity contribution < 1.29 is 14.0 Å². The zero-order valence-corrected chi connectivity index (χ0v) is 19.1. The Morgan fingerprint density at radius 1 is 0.690 bits per heavy atom. The Balaban J connectivity index is 1.86. The minimum atomic E-state index is -0.261. The molecule has 0 aliphatic rings. The van der Waals surface area contributed by atoms with Gasteiger partial charge in [0.05, 0.1) is 11.1 Å². The summed E-state index contributed by atoms with van der Waals surface area (Å²) in [6, 6.07) is 15.2. The van der Waals surface area contributed by atoms with Crippen LogP contribution in [0.5, 0.6) is 0 Å². The van der Waals surface area contributed by atoms with Gasteiger partial charge < -0.3 is 4.42 Å². The molecule has 0 aliphatic heterocycles. The van der Waals surface area contributed by atoms with Crippen molar-refractivity contribution in [2.24, 2.45) is 0 Å². The molecular weight excluding hydrogens is 496 g/mol. The molecule has 0 unspecified atom stereocenters. The maximum atomic E-state index is 12.8. The molecule has 0 saturated heterocycles. The number of furan rings is 1. The first-order valence-corrected chi connectivity index (χ1v) is 10.5. The van der Waals surface area contributed by atoms with Crippen molar-refractivity contribution in [2.45, 2.75) is 13.8 Å². The number of rotatable bonds is 6. The summed E-state index contributed by atoms with van der Waals surface area (Å²) >= 11 is 6.77. The third kappa shape index (κ3) is 5.31. The first kappa shape index (κ1) is 21.2. The van der Waals surface area contributed by atoms with E-state index in [0.717, 1.165) is 20.1 Å². The largest absolute Gasteiger partial charge is 0.465 e. The average Bonchev–Trinajstić information content (AvgIpc) is 3.00. The number of hydrogen-bond donors (Lipinski definition) is 0. The van der Waals surface area contributed by atoms with E-state index in [9.17, 15) is 9.59 Å². The molecule has 0 amide bonds. The number of hydrogen-bond acceptors (Lipinski definition) is 3. The van der Waals surface area contributed by atoms with Crippen molar-refractivity contribution in [3.8, 4) is 0 Å². The Morgan fingerprint density at radius 3 is 1.38 bits per heavy atom. The Morgan fingerprint density at radius 2 is 1.03 bits per heavy atom. The highest BCUT2D eigenvalue weighted by Gasteiger charge is 2.23. The fourth-order valence-electron chi connectivity index (χ4n) is 2.94. The highest BCUT2D eigenvalue weighted by Crippen LogP contribution is 2.25. The summed E-state index contributed by atoms with van der Waals surface area (Å²) in [5, 5.41) is 0. The van der Waals surface area contributed by atoms with Gasteiger partial charge in [0, 0.05) is 8.95 Å². The summed E-state index contributed by atoms with van der Waals surface area (Å²) in [6.45, 7) is 3.39. The number of carbonyl (C=O) groups is 2. The number of aryl methyl sites for hydroxylation is 2. The van der Waals surface area contributed by atoms with Crippen LogP contribution >= 0.6 is 31.9 Å². The van der Waals surface area contributed by atoms with Crippen LogP contribution in [0.25, 0.3) is 12.2 Å². The molecule has 0 atom stereocenters. The second-order valence-corrected chi connectivity index (χ2v) is 8.29. The smallest absolute Gasteiger partial charge is 0.190 e. The van der Waals surface area contributed by atoms with Gasteiger partial charge in [-0.2, -0.15) is 0 Å². The Labute approximate surface area is 186 Å². The third-order valence-electron chi connectivity index (χ3n) is 4.35. The van der Waals surface area contributed by atoms with Crippen molar-refractivity contribution in [1.82, 2.24) is 0 Å². The van der Waals surface area contributed by atoms with Crippen molar-refractivity contribution in [2.75, 3.05) is 0 Å². The minimum absolute atomic E-state index is 0.261. The molecule has 1 aromatic heterocycles. The van der Waals surface area contributed by atoms with Crippen LogP contribution in [0, 0.1) is 13.8 Å². The minimum Gasteiger partial charge on any atom is -0.465 e. The summed E-state index contributed by atoms with van der Waals surface area (Å²) in [7, 11) is 0. The quantitative estimate of drug-likeness (QED) is 0.258. The maximum Gasteiger partial charge on any atom is 0.190 e. The molecule has 146 valence electrons. The summed E-state index contributed by atoms with van der Waals surface area (Å²) in [5.74, 6) is 0.354. The topological polar surface area (TPSA) is 47.3 Å². The lowest BCUT2D eigenvalue weighted by atomic mass is 9.99. The predicted molar refractivity (Wildman–Crippen MR) is 123 cm³/mol. The van der Waals surface area contributed by atoms with Crippen molar-refractivity contribution >= 4 is 55.6 Å². The molecule has 0 radical (unpaired) electrons. The molecule has 0 spiro atoms. The Bertz CT molecular complexity index is 1010. The fourth-order valence-corrected chi connectivity index (χ4v) is 3.46. The molecule has 5 heteroatoms. The monoisotopic (exact) mass is 512 g/mol. The van der Waals surface area contributed by atoms with Gasteiger partial charge in [-0.25, -0.2) is 0 Å². The lowest BCUT2D eigenvalue weighted by Crippen LogP contribution is -2.05. The summed E-state index contributed by atoms with van der Waals surface area (Å²) < 4.78 is 7.53. The van der Waals surface area contributed by atoms with E-state index < -0.39 is 0 Å². The summed E-state index contributed by atoms with van der Waals surface area (Å²) in [5.41, 5.74) is 2.40. The van der Waals surface area contributed by atoms with Crippen LogP contribution in [0.4, 0.5) is 0 Å². The van der Waals surface area contributed by atoms with Crippen LogP contribution in [-0.4, -0.2) is 11.6 Å². The standard InChI is InChI=1S/C24H18Br2O3/c1-15-23(21(27)13-7-17-3-9-19(25)10-4-17)24(16(2)29-15)22(28)14-8-18-5-11-20(26)12-6-18/h3-14H,1-2H3/b13-7-,14-8+. The molecule has 0 aliphatic carbocycles. The zero-order chi connectivity index (χ0) is 21.0. The van der Waals surface area contributed by atoms with E-state index >= 15 is 0 Å². The third-order valence-corrected chi connectivity index (χ3v) is 5.40. The SMILES string of the molecule is Cc1oc(C)c(C(=O)/C=C/c2ccc(Br)cc2)c1C(=O)/C=C\c1ccc(Br)cc1. The van der Waals surface area contributed by atoms with E-state index in [1.807, 2.05) is 48.5 Å². The van der Waals surface area contributed by atoms with Gasteiger partial charge in [0.1, 0.15) is 11.5 Å². The number of benzene rings is 2. The van der Waals surface area contributed by atoms with E-state index in [4.69, 9.17) is 4.42 Å². The van der Waals surface area contributed by atoms with E-state index in [0.29, 0.717) is 22.6 Å². The van der Waals surface area contributed by atoms with Crippen molar-refractivity contribution in [3.63, 3.8) is 0 Å². The number of halogens is 2.